The van der Waals surface area contributed by atoms with Crippen LogP contribution < -0.4 is 5.32 Å². The van der Waals surface area contributed by atoms with Gasteiger partial charge in [0.1, 0.15) is 16.8 Å². The molecule has 1 heterocycles. The van der Waals surface area contributed by atoms with Crippen molar-refractivity contribution < 1.29 is 13.6 Å². The van der Waals surface area contributed by atoms with Gasteiger partial charge < -0.3 is 5.32 Å². The van der Waals surface area contributed by atoms with Crippen molar-refractivity contribution in [2.24, 2.45) is 0 Å². The summed E-state index contributed by atoms with van der Waals surface area (Å²) >= 11 is 5.52. The molecule has 0 saturated carbocycles. The quantitative estimate of drug-likeness (QED) is 0.912. The number of anilines is 1. The average Bonchev–Trinajstić information content (AvgIpc) is 2.32. The predicted molar refractivity (Wildman–Crippen MR) is 61.4 cm³/mol. The molecule has 0 saturated heterocycles. The molecule has 18 heavy (non-hydrogen) atoms. The Morgan fingerprint density at radius 1 is 1.22 bits per heavy atom. The van der Waals surface area contributed by atoms with Gasteiger partial charge in [-0.1, -0.05) is 11.6 Å². The smallest absolute Gasteiger partial charge is 0.259 e. The molecule has 0 aliphatic carbocycles. The standard InChI is InChI=1S/C11H6ClF2N3O/c12-9-4-16-10(5-15-9)17-11(18)7-2-1-6(13)3-8(7)14/h1-5H,(H,16,17,18). The summed E-state index contributed by atoms with van der Waals surface area (Å²) in [6.07, 6.45) is 2.46. The second kappa shape index (κ2) is 5.05. The Hall–Kier alpha value is -2.08. The number of nitrogens with one attached hydrogen (secondary N) is 1. The van der Waals surface area contributed by atoms with Gasteiger partial charge in [0.2, 0.25) is 0 Å². The molecule has 1 aromatic heterocycles. The number of aromatic nitrogens is 2. The highest BCUT2D eigenvalue weighted by molar-refractivity contribution is 6.29. The number of hydrogen-bond acceptors (Lipinski definition) is 3. The van der Waals surface area contributed by atoms with Crippen molar-refractivity contribution in [3.05, 3.63) is 52.9 Å². The first-order valence-corrected chi connectivity index (χ1v) is 5.18. The van der Waals surface area contributed by atoms with Gasteiger partial charge >= 0.3 is 0 Å². The Labute approximate surface area is 106 Å². The van der Waals surface area contributed by atoms with Crippen LogP contribution in [0, 0.1) is 11.6 Å². The van der Waals surface area contributed by atoms with E-state index in [-0.39, 0.29) is 16.5 Å². The molecule has 1 N–H and O–H groups in total. The lowest BCUT2D eigenvalue weighted by Crippen LogP contribution is -2.15. The molecular weight excluding hydrogens is 264 g/mol. The van der Waals surface area contributed by atoms with Gasteiger partial charge in [-0.2, -0.15) is 0 Å². The van der Waals surface area contributed by atoms with Crippen molar-refractivity contribution in [1.82, 2.24) is 9.97 Å². The highest BCUT2D eigenvalue weighted by atomic mass is 35.5. The van der Waals surface area contributed by atoms with E-state index in [0.29, 0.717) is 6.07 Å². The molecule has 2 aromatic rings. The molecule has 7 heteroatoms. The molecule has 1 amide bonds. The lowest BCUT2D eigenvalue weighted by molar-refractivity contribution is 0.102. The Balaban J connectivity index is 2.19. The lowest BCUT2D eigenvalue weighted by Gasteiger charge is -2.04. The van der Waals surface area contributed by atoms with E-state index in [1.807, 2.05) is 0 Å². The minimum atomic E-state index is -0.950. The molecule has 0 spiro atoms. The van der Waals surface area contributed by atoms with Crippen molar-refractivity contribution in [2.45, 2.75) is 0 Å². The Morgan fingerprint density at radius 3 is 2.61 bits per heavy atom. The van der Waals surface area contributed by atoms with Gasteiger partial charge in [-0.25, -0.2) is 18.7 Å². The van der Waals surface area contributed by atoms with Crippen LogP contribution in [0.1, 0.15) is 10.4 Å². The first kappa shape index (κ1) is 12.4. The van der Waals surface area contributed by atoms with Crippen LogP contribution in [-0.2, 0) is 0 Å². The molecule has 0 aliphatic rings. The van der Waals surface area contributed by atoms with Crippen molar-refractivity contribution >= 4 is 23.3 Å². The van der Waals surface area contributed by atoms with Crippen LogP contribution in [0.3, 0.4) is 0 Å². The summed E-state index contributed by atoms with van der Waals surface area (Å²) in [6, 6.07) is 2.66. The molecule has 0 atom stereocenters. The third kappa shape index (κ3) is 2.78. The zero-order chi connectivity index (χ0) is 13.1. The molecule has 0 radical (unpaired) electrons. The summed E-state index contributed by atoms with van der Waals surface area (Å²) in [6.45, 7) is 0. The number of rotatable bonds is 2. The third-order valence-electron chi connectivity index (χ3n) is 2.04. The van der Waals surface area contributed by atoms with Crippen LogP contribution >= 0.6 is 11.6 Å². The zero-order valence-electron chi connectivity index (χ0n) is 8.82. The molecular formula is C11H6ClF2N3O. The minimum Gasteiger partial charge on any atom is -0.305 e. The summed E-state index contributed by atoms with van der Waals surface area (Å²) in [5.41, 5.74) is -0.284. The summed E-state index contributed by atoms with van der Waals surface area (Å²) in [5, 5.41) is 2.48. The Kier molecular flexibility index (Phi) is 3.47. The third-order valence-corrected chi connectivity index (χ3v) is 2.23. The summed E-state index contributed by atoms with van der Waals surface area (Å²) in [5.74, 6) is -2.33. The first-order chi connectivity index (χ1) is 8.56. The number of amides is 1. The first-order valence-electron chi connectivity index (χ1n) is 4.80. The van der Waals surface area contributed by atoms with Crippen LogP contribution in [0.2, 0.25) is 5.15 Å². The van der Waals surface area contributed by atoms with Crippen LogP contribution in [0.5, 0.6) is 0 Å². The number of benzene rings is 1. The van der Waals surface area contributed by atoms with E-state index in [4.69, 9.17) is 11.6 Å². The normalized spacial score (nSPS) is 10.2. The van der Waals surface area contributed by atoms with E-state index < -0.39 is 17.5 Å². The lowest BCUT2D eigenvalue weighted by atomic mass is 10.2. The fourth-order valence-corrected chi connectivity index (χ4v) is 1.33. The van der Waals surface area contributed by atoms with E-state index in [1.54, 1.807) is 0 Å². The maximum Gasteiger partial charge on any atom is 0.259 e. The van der Waals surface area contributed by atoms with Gasteiger partial charge in [0.25, 0.3) is 5.91 Å². The maximum atomic E-state index is 13.3. The van der Waals surface area contributed by atoms with Gasteiger partial charge in [0.15, 0.2) is 5.82 Å². The van der Waals surface area contributed by atoms with Crippen LogP contribution in [0.15, 0.2) is 30.6 Å². The zero-order valence-corrected chi connectivity index (χ0v) is 9.58. The van der Waals surface area contributed by atoms with Crippen molar-refractivity contribution in [3.63, 3.8) is 0 Å². The molecule has 4 nitrogen and oxygen atoms in total. The summed E-state index contributed by atoms with van der Waals surface area (Å²) in [4.78, 5) is 19.1. The molecule has 0 unspecified atom stereocenters. The molecule has 0 fully saturated rings. The number of carbonyl (C=O) groups is 1. The molecule has 2 rings (SSSR count). The average molecular weight is 270 g/mol. The number of halogens is 3. The molecule has 92 valence electrons. The van der Waals surface area contributed by atoms with E-state index in [9.17, 15) is 13.6 Å². The van der Waals surface area contributed by atoms with Gasteiger partial charge in [-0.15, -0.1) is 0 Å². The fraction of sp³-hybridized carbons (Fsp3) is 0. The SMILES string of the molecule is O=C(Nc1cnc(Cl)cn1)c1ccc(F)cc1F. The van der Waals surface area contributed by atoms with E-state index in [2.05, 4.69) is 15.3 Å². The fourth-order valence-electron chi connectivity index (χ4n) is 1.23. The van der Waals surface area contributed by atoms with E-state index >= 15 is 0 Å². The van der Waals surface area contributed by atoms with Gasteiger partial charge in [-0.3, -0.25) is 4.79 Å². The van der Waals surface area contributed by atoms with Crippen molar-refractivity contribution in [2.75, 3.05) is 5.32 Å². The summed E-state index contributed by atoms with van der Waals surface area (Å²) in [7, 11) is 0. The van der Waals surface area contributed by atoms with Crippen LogP contribution in [0.25, 0.3) is 0 Å². The topological polar surface area (TPSA) is 54.9 Å². The Bertz CT molecular complexity index is 589. The number of carbonyl (C=O) groups excluding carboxylic acids is 1. The largest absolute Gasteiger partial charge is 0.305 e. The maximum absolute atomic E-state index is 13.3. The Morgan fingerprint density at radius 2 is 2.00 bits per heavy atom. The van der Waals surface area contributed by atoms with Gasteiger partial charge in [0, 0.05) is 6.07 Å². The van der Waals surface area contributed by atoms with Crippen molar-refractivity contribution in [3.8, 4) is 0 Å². The second-order valence-corrected chi connectivity index (χ2v) is 3.69. The van der Waals surface area contributed by atoms with Crippen LogP contribution in [-0.4, -0.2) is 15.9 Å². The molecule has 1 aromatic carbocycles. The summed E-state index contributed by atoms with van der Waals surface area (Å²) < 4.78 is 26.0. The van der Waals surface area contributed by atoms with Crippen molar-refractivity contribution in [1.29, 1.82) is 0 Å². The van der Waals surface area contributed by atoms with Crippen LogP contribution in [0.4, 0.5) is 14.6 Å². The van der Waals surface area contributed by atoms with Gasteiger partial charge in [-0.05, 0) is 12.1 Å². The minimum absolute atomic E-state index is 0.119. The monoisotopic (exact) mass is 269 g/mol. The molecule has 0 bridgehead atoms. The van der Waals surface area contributed by atoms with E-state index in [0.717, 1.165) is 12.1 Å². The van der Waals surface area contributed by atoms with Gasteiger partial charge in [0.05, 0.1) is 18.0 Å². The highest BCUT2D eigenvalue weighted by Gasteiger charge is 2.13. The predicted octanol–water partition coefficient (Wildman–Crippen LogP) is 2.66. The number of nitrogens with zero attached hydrogens (tertiary/aromatic N) is 2. The highest BCUT2D eigenvalue weighted by Crippen LogP contribution is 2.12. The second-order valence-electron chi connectivity index (χ2n) is 3.30. The molecule has 0 aliphatic heterocycles. The number of hydrogen-bond donors (Lipinski definition) is 1. The van der Waals surface area contributed by atoms with E-state index in [1.165, 1.54) is 12.4 Å².